The van der Waals surface area contributed by atoms with Gasteiger partial charge in [0.15, 0.2) is 0 Å². The first-order chi connectivity index (χ1) is 6.87. The molecule has 82 valence electrons. The normalized spacial score (nSPS) is 38.8. The molecule has 0 aromatic rings. The Morgan fingerprint density at radius 2 is 2.00 bits per heavy atom. The molecule has 0 saturated carbocycles. The van der Waals surface area contributed by atoms with Crippen LogP contribution in [0.15, 0.2) is 0 Å². The smallest absolute Gasteiger partial charge is 0.0547 e. The van der Waals surface area contributed by atoms with Gasteiger partial charge in [0.25, 0.3) is 0 Å². The van der Waals surface area contributed by atoms with Crippen LogP contribution in [0.5, 0.6) is 0 Å². The summed E-state index contributed by atoms with van der Waals surface area (Å²) in [6.45, 7) is 4.41. The first-order valence-corrected chi connectivity index (χ1v) is 5.73. The lowest BCUT2D eigenvalue weighted by atomic mass is 9.68. The van der Waals surface area contributed by atoms with Gasteiger partial charge in [-0.2, -0.15) is 0 Å². The largest absolute Gasteiger partial charge is 0.381 e. The quantitative estimate of drug-likeness (QED) is 0.726. The van der Waals surface area contributed by atoms with Crippen LogP contribution >= 0.6 is 0 Å². The van der Waals surface area contributed by atoms with Crippen LogP contribution in [0.4, 0.5) is 0 Å². The zero-order valence-corrected chi connectivity index (χ0v) is 8.84. The van der Waals surface area contributed by atoms with Gasteiger partial charge in [0.1, 0.15) is 0 Å². The molecular formula is C11H21NO2. The minimum atomic E-state index is 0.301. The molecule has 2 unspecified atom stereocenters. The average Bonchev–Trinajstić information content (AvgIpc) is 2.23. The van der Waals surface area contributed by atoms with Crippen molar-refractivity contribution in [3.63, 3.8) is 0 Å². The number of hydrogen-bond donors (Lipinski definition) is 1. The summed E-state index contributed by atoms with van der Waals surface area (Å²) in [5.41, 5.74) is 5.97. The highest BCUT2D eigenvalue weighted by molar-refractivity contribution is 4.90. The van der Waals surface area contributed by atoms with E-state index in [1.807, 2.05) is 0 Å². The van der Waals surface area contributed by atoms with Crippen molar-refractivity contribution in [3.8, 4) is 0 Å². The Morgan fingerprint density at radius 1 is 1.21 bits per heavy atom. The van der Waals surface area contributed by atoms with Crippen LogP contribution in [0.25, 0.3) is 0 Å². The summed E-state index contributed by atoms with van der Waals surface area (Å²) in [5.74, 6) is 0.724. The molecule has 0 bridgehead atoms. The van der Waals surface area contributed by atoms with Crippen molar-refractivity contribution >= 4 is 0 Å². The Labute approximate surface area is 85.9 Å². The summed E-state index contributed by atoms with van der Waals surface area (Å²) in [7, 11) is 0. The predicted molar refractivity (Wildman–Crippen MR) is 55.1 cm³/mol. The summed E-state index contributed by atoms with van der Waals surface area (Å²) >= 11 is 0. The second kappa shape index (κ2) is 4.60. The Hall–Kier alpha value is -0.120. The van der Waals surface area contributed by atoms with Crippen LogP contribution in [-0.2, 0) is 9.47 Å². The lowest BCUT2D eigenvalue weighted by Crippen LogP contribution is -2.46. The molecule has 2 aliphatic heterocycles. The van der Waals surface area contributed by atoms with Crippen molar-refractivity contribution in [1.82, 2.24) is 0 Å². The average molecular weight is 199 g/mol. The van der Waals surface area contributed by atoms with Gasteiger partial charge in [0.05, 0.1) is 13.2 Å². The van der Waals surface area contributed by atoms with Crippen molar-refractivity contribution in [3.05, 3.63) is 0 Å². The molecule has 3 nitrogen and oxygen atoms in total. The first kappa shape index (κ1) is 10.4. The summed E-state index contributed by atoms with van der Waals surface area (Å²) in [6.07, 6.45) is 4.75. The molecule has 2 rings (SSSR count). The van der Waals surface area contributed by atoms with Crippen molar-refractivity contribution in [2.75, 3.05) is 33.0 Å². The second-order valence-electron chi connectivity index (χ2n) is 4.63. The second-order valence-corrected chi connectivity index (χ2v) is 4.63. The van der Waals surface area contributed by atoms with Gasteiger partial charge in [-0.1, -0.05) is 0 Å². The van der Waals surface area contributed by atoms with E-state index < -0.39 is 0 Å². The van der Waals surface area contributed by atoms with Crippen LogP contribution < -0.4 is 5.73 Å². The maximum atomic E-state index is 5.67. The number of hydrogen-bond acceptors (Lipinski definition) is 3. The molecule has 0 aromatic heterocycles. The fourth-order valence-electron chi connectivity index (χ4n) is 2.89. The number of nitrogens with two attached hydrogens (primary N) is 1. The SMILES string of the molecule is NCCC1CCOCC12CCCOC2. The molecule has 0 aliphatic carbocycles. The monoisotopic (exact) mass is 199 g/mol. The highest BCUT2D eigenvalue weighted by Gasteiger charge is 2.42. The molecule has 0 amide bonds. The van der Waals surface area contributed by atoms with Crippen molar-refractivity contribution in [2.24, 2.45) is 17.1 Å². The third-order valence-corrected chi connectivity index (χ3v) is 3.73. The fourth-order valence-corrected chi connectivity index (χ4v) is 2.89. The fraction of sp³-hybridized carbons (Fsp3) is 1.00. The Balaban J connectivity index is 2.02. The van der Waals surface area contributed by atoms with E-state index in [9.17, 15) is 0 Å². The lowest BCUT2D eigenvalue weighted by molar-refractivity contribution is -0.125. The van der Waals surface area contributed by atoms with E-state index in [1.54, 1.807) is 0 Å². The first-order valence-electron chi connectivity index (χ1n) is 5.73. The van der Waals surface area contributed by atoms with Crippen LogP contribution in [-0.4, -0.2) is 33.0 Å². The molecular weight excluding hydrogens is 178 g/mol. The van der Waals surface area contributed by atoms with E-state index in [2.05, 4.69) is 0 Å². The summed E-state index contributed by atoms with van der Waals surface area (Å²) in [5, 5.41) is 0. The molecule has 2 heterocycles. The summed E-state index contributed by atoms with van der Waals surface area (Å²) < 4.78 is 11.2. The standard InChI is InChI=1S/C11H21NO2/c12-5-2-10-3-7-14-9-11(10)4-1-6-13-8-11/h10H,1-9,12H2. The molecule has 2 fully saturated rings. The molecule has 2 atom stereocenters. The van der Waals surface area contributed by atoms with E-state index in [4.69, 9.17) is 15.2 Å². The van der Waals surface area contributed by atoms with Gasteiger partial charge in [0, 0.05) is 18.6 Å². The van der Waals surface area contributed by atoms with E-state index in [0.717, 1.165) is 45.3 Å². The van der Waals surface area contributed by atoms with Crippen molar-refractivity contribution in [2.45, 2.75) is 25.7 Å². The van der Waals surface area contributed by atoms with E-state index in [0.29, 0.717) is 5.41 Å². The van der Waals surface area contributed by atoms with Gasteiger partial charge >= 0.3 is 0 Å². The maximum absolute atomic E-state index is 5.67. The summed E-state index contributed by atoms with van der Waals surface area (Å²) in [4.78, 5) is 0. The van der Waals surface area contributed by atoms with E-state index in [1.165, 1.54) is 19.3 Å². The van der Waals surface area contributed by atoms with Crippen LogP contribution in [0.3, 0.4) is 0 Å². The van der Waals surface area contributed by atoms with Gasteiger partial charge in [-0.15, -0.1) is 0 Å². The van der Waals surface area contributed by atoms with Gasteiger partial charge in [-0.3, -0.25) is 0 Å². The van der Waals surface area contributed by atoms with Crippen molar-refractivity contribution < 1.29 is 9.47 Å². The highest BCUT2D eigenvalue weighted by atomic mass is 16.5. The number of rotatable bonds is 2. The molecule has 2 N–H and O–H groups in total. The molecule has 0 radical (unpaired) electrons. The predicted octanol–water partition coefficient (Wildman–Crippen LogP) is 1.17. The minimum Gasteiger partial charge on any atom is -0.381 e. The van der Waals surface area contributed by atoms with Crippen LogP contribution in [0, 0.1) is 11.3 Å². The zero-order valence-electron chi connectivity index (χ0n) is 8.84. The Morgan fingerprint density at radius 3 is 2.64 bits per heavy atom. The molecule has 14 heavy (non-hydrogen) atoms. The van der Waals surface area contributed by atoms with Crippen molar-refractivity contribution in [1.29, 1.82) is 0 Å². The minimum absolute atomic E-state index is 0.301. The topological polar surface area (TPSA) is 44.5 Å². The Kier molecular flexibility index (Phi) is 3.42. The third kappa shape index (κ3) is 1.95. The maximum Gasteiger partial charge on any atom is 0.0547 e. The molecule has 1 spiro atoms. The van der Waals surface area contributed by atoms with E-state index >= 15 is 0 Å². The van der Waals surface area contributed by atoms with Gasteiger partial charge in [-0.05, 0) is 38.1 Å². The number of ether oxygens (including phenoxy) is 2. The Bertz CT molecular complexity index is 168. The van der Waals surface area contributed by atoms with Gasteiger partial charge in [-0.25, -0.2) is 0 Å². The zero-order chi connectivity index (χ0) is 9.86. The van der Waals surface area contributed by atoms with Gasteiger partial charge < -0.3 is 15.2 Å². The van der Waals surface area contributed by atoms with Crippen LogP contribution in [0.1, 0.15) is 25.7 Å². The summed E-state index contributed by atoms with van der Waals surface area (Å²) in [6, 6.07) is 0. The molecule has 3 heteroatoms. The lowest BCUT2D eigenvalue weighted by Gasteiger charge is -2.46. The molecule has 2 saturated heterocycles. The molecule has 0 aromatic carbocycles. The highest BCUT2D eigenvalue weighted by Crippen LogP contribution is 2.42. The third-order valence-electron chi connectivity index (χ3n) is 3.73. The molecule has 2 aliphatic rings. The van der Waals surface area contributed by atoms with Gasteiger partial charge in [0.2, 0.25) is 0 Å². The van der Waals surface area contributed by atoms with Crippen LogP contribution in [0.2, 0.25) is 0 Å². The van der Waals surface area contributed by atoms with E-state index in [-0.39, 0.29) is 0 Å².